The van der Waals surface area contributed by atoms with Crippen molar-refractivity contribution >= 4 is 40.3 Å². The monoisotopic (exact) mass is 538 g/mol. The number of carbonyl (C=O) groups is 1. The lowest BCUT2D eigenvalue weighted by atomic mass is 10.2. The Balaban J connectivity index is 1.56. The van der Waals surface area contributed by atoms with Crippen LogP contribution < -0.4 is 25.7 Å². The molecule has 1 aromatic heterocycles. The Morgan fingerprint density at radius 1 is 0.950 bits per heavy atom. The normalized spacial score (nSPS) is 10.9. The zero-order chi connectivity index (χ0) is 28.5. The van der Waals surface area contributed by atoms with Crippen molar-refractivity contribution in [1.82, 2.24) is 14.9 Å². The van der Waals surface area contributed by atoms with E-state index in [1.165, 1.54) is 17.3 Å². The fourth-order valence-electron chi connectivity index (χ4n) is 3.72. The number of carbonyl (C=O) groups excluding carboxylic acids is 1. The van der Waals surface area contributed by atoms with Gasteiger partial charge in [0.05, 0.1) is 11.0 Å². The molecule has 0 aliphatic rings. The number of nitrogens with one attached hydrogen (secondary N) is 1. The van der Waals surface area contributed by atoms with Gasteiger partial charge in [-0.25, -0.2) is 9.97 Å². The first-order valence-electron chi connectivity index (χ1n) is 12.4. The van der Waals surface area contributed by atoms with Gasteiger partial charge >= 0.3 is 0 Å². The second-order valence-corrected chi connectivity index (χ2v) is 9.00. The molecule has 0 spiro atoms. The van der Waals surface area contributed by atoms with Crippen molar-refractivity contribution in [2.75, 3.05) is 48.6 Å². The first kappa shape index (κ1) is 27.7. The van der Waals surface area contributed by atoms with Gasteiger partial charge < -0.3 is 25.6 Å². The molecule has 0 radical (unpaired) electrons. The van der Waals surface area contributed by atoms with Gasteiger partial charge in [-0.1, -0.05) is 30.3 Å². The number of hydrogen-bond acceptors (Lipinski definition) is 9. The molecule has 1 heterocycles. The summed E-state index contributed by atoms with van der Waals surface area (Å²) in [6, 6.07) is 23.4. The first-order valence-corrected chi connectivity index (χ1v) is 12.4. The number of nitrogen functional groups attached to an aromatic ring is 1. The van der Waals surface area contributed by atoms with Crippen LogP contribution in [-0.4, -0.2) is 48.5 Å². The molecular formula is C29H30N8O3. The van der Waals surface area contributed by atoms with Crippen LogP contribution in [0.2, 0.25) is 0 Å². The van der Waals surface area contributed by atoms with Crippen LogP contribution in [-0.2, 0) is 4.79 Å². The Hall–Kier alpha value is -5.29. The highest BCUT2D eigenvalue weighted by molar-refractivity contribution is 6.01. The second kappa shape index (κ2) is 13.0. The summed E-state index contributed by atoms with van der Waals surface area (Å²) in [5, 5.41) is 7.48. The third kappa shape index (κ3) is 6.97. The second-order valence-electron chi connectivity index (χ2n) is 9.00. The van der Waals surface area contributed by atoms with Crippen LogP contribution in [0.1, 0.15) is 0 Å². The molecule has 0 fully saturated rings. The summed E-state index contributed by atoms with van der Waals surface area (Å²) in [7, 11) is 5.55. The minimum atomic E-state index is -0.165. The van der Waals surface area contributed by atoms with Crippen LogP contribution in [0.4, 0.5) is 34.4 Å². The number of para-hydroxylation sites is 1. The number of ether oxygens (including phenoxy) is 1. The number of hydrogen-bond donors (Lipinski definition) is 2. The van der Waals surface area contributed by atoms with E-state index in [0.717, 1.165) is 5.01 Å². The van der Waals surface area contributed by atoms with E-state index in [1.807, 2.05) is 55.4 Å². The van der Waals surface area contributed by atoms with Gasteiger partial charge in [0, 0.05) is 31.0 Å². The maximum atomic E-state index is 12.6. The van der Waals surface area contributed by atoms with E-state index in [2.05, 4.69) is 20.6 Å². The molecular weight excluding hydrogens is 508 g/mol. The van der Waals surface area contributed by atoms with Gasteiger partial charge in [0.15, 0.2) is 17.3 Å². The molecule has 0 aliphatic carbocycles. The van der Waals surface area contributed by atoms with Crippen LogP contribution in [0.15, 0.2) is 103 Å². The Morgan fingerprint density at radius 2 is 1.68 bits per heavy atom. The molecule has 0 unspecified atom stereocenters. The molecule has 0 saturated heterocycles. The van der Waals surface area contributed by atoms with Gasteiger partial charge in [0.25, 0.3) is 0 Å². The van der Waals surface area contributed by atoms with Gasteiger partial charge in [-0.05, 0) is 68.7 Å². The number of rotatable bonds is 11. The van der Waals surface area contributed by atoms with Crippen LogP contribution in [0.3, 0.4) is 0 Å². The standard InChI is InChI=1S/C29H30N8O3/c1-35(2)18-8-13-26(38)36(3)23-10-7-9-21(19-23)33-29-27(28(30)31-20-32-29)37(34-39)22-14-16-25(17-15-22)40-24-11-5-4-6-12-24/h4-17,19-20H,18H2,1-3H3,(H3,30,31,32,33)/b13-8+. The Bertz CT molecular complexity index is 1480. The highest BCUT2D eigenvalue weighted by atomic mass is 16.5. The molecule has 40 heavy (non-hydrogen) atoms. The predicted molar refractivity (Wildman–Crippen MR) is 158 cm³/mol. The Labute approximate surface area is 232 Å². The highest BCUT2D eigenvalue weighted by Crippen LogP contribution is 2.37. The molecule has 11 nitrogen and oxygen atoms in total. The number of nitrogens with zero attached hydrogens (tertiary/aromatic N) is 6. The SMILES string of the molecule is CN(C)C/C=C/C(=O)N(C)c1cccc(Nc2ncnc(N)c2N(N=O)c2ccc(Oc3ccccc3)cc2)c1. The van der Waals surface area contributed by atoms with Crippen LogP contribution in [0.25, 0.3) is 0 Å². The summed E-state index contributed by atoms with van der Waals surface area (Å²) in [5.41, 5.74) is 8.07. The quantitative estimate of drug-likeness (QED) is 0.145. The lowest BCUT2D eigenvalue weighted by Crippen LogP contribution is -2.24. The van der Waals surface area contributed by atoms with Crippen LogP contribution >= 0.6 is 0 Å². The number of benzene rings is 3. The molecule has 0 atom stereocenters. The van der Waals surface area contributed by atoms with E-state index in [-0.39, 0.29) is 23.2 Å². The molecule has 4 aromatic rings. The average Bonchev–Trinajstić information content (AvgIpc) is 2.95. The van der Waals surface area contributed by atoms with E-state index in [0.29, 0.717) is 35.1 Å². The zero-order valence-corrected chi connectivity index (χ0v) is 22.4. The summed E-state index contributed by atoms with van der Waals surface area (Å²) < 4.78 is 5.83. The summed E-state index contributed by atoms with van der Waals surface area (Å²) in [5.74, 6) is 1.42. The van der Waals surface area contributed by atoms with Crippen molar-refractivity contribution in [2.24, 2.45) is 5.29 Å². The van der Waals surface area contributed by atoms with Crippen molar-refractivity contribution in [2.45, 2.75) is 0 Å². The molecule has 0 aliphatic heterocycles. The van der Waals surface area contributed by atoms with Crippen molar-refractivity contribution in [3.8, 4) is 11.5 Å². The molecule has 3 N–H and O–H groups in total. The van der Waals surface area contributed by atoms with E-state index in [4.69, 9.17) is 10.5 Å². The summed E-state index contributed by atoms with van der Waals surface area (Å²) in [6.45, 7) is 0.656. The maximum absolute atomic E-state index is 12.6. The highest BCUT2D eigenvalue weighted by Gasteiger charge is 2.21. The van der Waals surface area contributed by atoms with E-state index >= 15 is 0 Å². The van der Waals surface area contributed by atoms with Gasteiger partial charge in [-0.3, -0.25) is 4.79 Å². The Kier molecular flexibility index (Phi) is 9.00. The van der Waals surface area contributed by atoms with Gasteiger partial charge in [-0.2, -0.15) is 5.01 Å². The lowest BCUT2D eigenvalue weighted by molar-refractivity contribution is -0.113. The average molecular weight is 539 g/mol. The fourth-order valence-corrected chi connectivity index (χ4v) is 3.72. The van der Waals surface area contributed by atoms with Gasteiger partial charge in [0.2, 0.25) is 5.91 Å². The number of likely N-dealkylation sites (N-methyl/N-ethyl adjacent to an activating group) is 2. The van der Waals surface area contributed by atoms with Crippen LogP contribution in [0, 0.1) is 4.91 Å². The minimum Gasteiger partial charge on any atom is -0.457 e. The molecule has 11 heteroatoms. The maximum Gasteiger partial charge on any atom is 0.250 e. The number of amides is 1. The Morgan fingerprint density at radius 3 is 2.38 bits per heavy atom. The van der Waals surface area contributed by atoms with Crippen molar-refractivity contribution < 1.29 is 9.53 Å². The van der Waals surface area contributed by atoms with Crippen molar-refractivity contribution in [1.29, 1.82) is 0 Å². The summed E-state index contributed by atoms with van der Waals surface area (Å²) in [6.07, 6.45) is 4.63. The van der Waals surface area contributed by atoms with Gasteiger partial charge in [0.1, 0.15) is 17.8 Å². The van der Waals surface area contributed by atoms with Crippen molar-refractivity contribution in [3.05, 3.63) is 102 Å². The van der Waals surface area contributed by atoms with Crippen molar-refractivity contribution in [3.63, 3.8) is 0 Å². The lowest BCUT2D eigenvalue weighted by Gasteiger charge is -2.21. The third-order valence-corrected chi connectivity index (χ3v) is 5.76. The molecule has 0 bridgehead atoms. The minimum absolute atomic E-state index is 0.0520. The molecule has 3 aromatic carbocycles. The van der Waals surface area contributed by atoms with E-state index in [1.54, 1.807) is 55.6 Å². The molecule has 0 saturated carbocycles. The predicted octanol–water partition coefficient (Wildman–Crippen LogP) is 5.49. The molecule has 204 valence electrons. The van der Waals surface area contributed by atoms with Crippen LogP contribution in [0.5, 0.6) is 11.5 Å². The number of nitrogens with two attached hydrogens (primary N) is 1. The first-order chi connectivity index (χ1) is 19.4. The summed E-state index contributed by atoms with van der Waals surface area (Å²) in [4.78, 5) is 36.5. The van der Waals surface area contributed by atoms with E-state index < -0.39 is 0 Å². The molecule has 1 amide bonds. The smallest absolute Gasteiger partial charge is 0.250 e. The molecule has 4 rings (SSSR count). The number of anilines is 6. The summed E-state index contributed by atoms with van der Waals surface area (Å²) >= 11 is 0. The topological polar surface area (TPSA) is 129 Å². The zero-order valence-electron chi connectivity index (χ0n) is 22.4. The number of aromatic nitrogens is 2. The van der Waals surface area contributed by atoms with E-state index in [9.17, 15) is 9.70 Å². The van der Waals surface area contributed by atoms with Gasteiger partial charge in [-0.15, -0.1) is 4.91 Å². The largest absolute Gasteiger partial charge is 0.457 e. The third-order valence-electron chi connectivity index (χ3n) is 5.76. The fraction of sp³-hybridized carbons (Fsp3) is 0.138. The number of nitroso groups, excluding NO2 is 1.